The average Bonchev–Trinajstić information content (AvgIpc) is 3.01. The van der Waals surface area contributed by atoms with Crippen molar-refractivity contribution in [3.63, 3.8) is 0 Å². The molecule has 0 saturated heterocycles. The van der Waals surface area contributed by atoms with Crippen LogP contribution in [-0.4, -0.2) is 33.9 Å². The summed E-state index contributed by atoms with van der Waals surface area (Å²) in [6, 6.07) is 6.27. The molecule has 7 heteroatoms. The third kappa shape index (κ3) is 5.48. The number of hydrogen-bond donors (Lipinski definition) is 2. The number of aromatic nitrogens is 3. The van der Waals surface area contributed by atoms with Crippen molar-refractivity contribution in [2.45, 2.75) is 46.4 Å². The fraction of sp³-hybridized carbons (Fsp3) is 0.500. The van der Waals surface area contributed by atoms with Crippen LogP contribution in [0.15, 0.2) is 29.5 Å². The van der Waals surface area contributed by atoms with E-state index in [-0.39, 0.29) is 6.10 Å². The van der Waals surface area contributed by atoms with Crippen LogP contribution in [0.3, 0.4) is 0 Å². The Morgan fingerprint density at radius 1 is 1.32 bits per heavy atom. The van der Waals surface area contributed by atoms with Gasteiger partial charge in [0.2, 0.25) is 0 Å². The highest BCUT2D eigenvalue weighted by atomic mass is 16.5. The quantitative estimate of drug-likeness (QED) is 0.595. The summed E-state index contributed by atoms with van der Waals surface area (Å²) in [5, 5.41) is 10.6. The van der Waals surface area contributed by atoms with E-state index in [1.54, 1.807) is 11.7 Å². The van der Waals surface area contributed by atoms with E-state index in [0.717, 1.165) is 23.6 Å². The molecule has 0 fully saturated rings. The number of aryl methyl sites for hydroxylation is 2. The first-order valence-corrected chi connectivity index (χ1v) is 8.57. The van der Waals surface area contributed by atoms with Crippen molar-refractivity contribution < 1.29 is 4.74 Å². The van der Waals surface area contributed by atoms with Crippen LogP contribution in [0.4, 0.5) is 0 Å². The highest BCUT2D eigenvalue weighted by molar-refractivity contribution is 5.79. The molecule has 1 aromatic heterocycles. The van der Waals surface area contributed by atoms with Gasteiger partial charge in [0.1, 0.15) is 17.9 Å². The predicted molar refractivity (Wildman–Crippen MR) is 99.6 cm³/mol. The number of benzene rings is 1. The lowest BCUT2D eigenvalue weighted by atomic mass is 10.1. The largest absolute Gasteiger partial charge is 0.490 e. The highest BCUT2D eigenvalue weighted by Gasteiger charge is 2.09. The summed E-state index contributed by atoms with van der Waals surface area (Å²) in [6.07, 6.45) is 2.70. The zero-order valence-electron chi connectivity index (χ0n) is 15.7. The molecule has 0 amide bonds. The molecular formula is C18H28N6O. The van der Waals surface area contributed by atoms with Crippen molar-refractivity contribution in [2.24, 2.45) is 12.0 Å². The molecule has 0 aliphatic carbocycles. The Morgan fingerprint density at radius 2 is 2.08 bits per heavy atom. The Bertz CT molecular complexity index is 709. The van der Waals surface area contributed by atoms with Crippen LogP contribution in [0.2, 0.25) is 0 Å². The third-order valence-corrected chi connectivity index (χ3v) is 4.01. The number of hydrogen-bond acceptors (Lipinski definition) is 4. The van der Waals surface area contributed by atoms with Crippen LogP contribution in [-0.2, 0) is 20.1 Å². The van der Waals surface area contributed by atoms with Gasteiger partial charge in [0.25, 0.3) is 0 Å². The second-order valence-electron chi connectivity index (χ2n) is 6.03. The smallest absolute Gasteiger partial charge is 0.191 e. The van der Waals surface area contributed by atoms with Crippen LogP contribution in [0.25, 0.3) is 0 Å². The Balaban J connectivity index is 1.97. The third-order valence-electron chi connectivity index (χ3n) is 4.01. The van der Waals surface area contributed by atoms with Gasteiger partial charge in [0.05, 0.1) is 12.6 Å². The van der Waals surface area contributed by atoms with Gasteiger partial charge >= 0.3 is 0 Å². The van der Waals surface area contributed by atoms with Crippen molar-refractivity contribution in [1.29, 1.82) is 0 Å². The standard InChI is InChI=1S/C18H28N6O/c1-6-14(3)25-16-9-13(2)7-8-15(16)10-20-18(19-4)21-11-17-22-12-23-24(17)5/h7-9,12,14H,6,10-11H2,1-5H3,(H2,19,20,21). The molecule has 7 nitrogen and oxygen atoms in total. The molecule has 0 saturated carbocycles. The van der Waals surface area contributed by atoms with E-state index in [4.69, 9.17) is 4.74 Å². The zero-order valence-corrected chi connectivity index (χ0v) is 15.7. The molecule has 0 aliphatic rings. The van der Waals surface area contributed by atoms with Gasteiger partial charge in [-0.1, -0.05) is 19.1 Å². The lowest BCUT2D eigenvalue weighted by Gasteiger charge is -2.18. The van der Waals surface area contributed by atoms with Gasteiger partial charge in [-0.3, -0.25) is 9.67 Å². The van der Waals surface area contributed by atoms with Crippen molar-refractivity contribution >= 4 is 5.96 Å². The van der Waals surface area contributed by atoms with Gasteiger partial charge in [0.15, 0.2) is 5.96 Å². The molecule has 1 unspecified atom stereocenters. The van der Waals surface area contributed by atoms with Crippen LogP contribution in [0.1, 0.15) is 37.2 Å². The van der Waals surface area contributed by atoms with Gasteiger partial charge in [-0.2, -0.15) is 5.10 Å². The maximum Gasteiger partial charge on any atom is 0.191 e. The summed E-state index contributed by atoms with van der Waals surface area (Å²) in [6.45, 7) is 7.46. The highest BCUT2D eigenvalue weighted by Crippen LogP contribution is 2.22. The molecular weight excluding hydrogens is 316 g/mol. The average molecular weight is 344 g/mol. The first kappa shape index (κ1) is 18.8. The molecule has 136 valence electrons. The summed E-state index contributed by atoms with van der Waals surface area (Å²) in [4.78, 5) is 8.45. The first-order valence-electron chi connectivity index (χ1n) is 8.57. The van der Waals surface area contributed by atoms with E-state index in [0.29, 0.717) is 19.0 Å². The Kier molecular flexibility index (Phi) is 6.80. The predicted octanol–water partition coefficient (Wildman–Crippen LogP) is 2.17. The van der Waals surface area contributed by atoms with E-state index in [1.165, 1.54) is 11.9 Å². The maximum atomic E-state index is 6.05. The van der Waals surface area contributed by atoms with Gasteiger partial charge < -0.3 is 15.4 Å². The minimum Gasteiger partial charge on any atom is -0.490 e. The number of ether oxygens (including phenoxy) is 1. The molecule has 2 N–H and O–H groups in total. The van der Waals surface area contributed by atoms with Gasteiger partial charge in [-0.25, -0.2) is 4.98 Å². The minimum absolute atomic E-state index is 0.189. The van der Waals surface area contributed by atoms with Crippen molar-refractivity contribution in [3.8, 4) is 5.75 Å². The lowest BCUT2D eigenvalue weighted by molar-refractivity contribution is 0.215. The summed E-state index contributed by atoms with van der Waals surface area (Å²) < 4.78 is 7.79. The fourth-order valence-corrected chi connectivity index (χ4v) is 2.26. The van der Waals surface area contributed by atoms with E-state index < -0.39 is 0 Å². The minimum atomic E-state index is 0.189. The molecule has 1 atom stereocenters. The van der Waals surface area contributed by atoms with Crippen LogP contribution < -0.4 is 15.4 Å². The van der Waals surface area contributed by atoms with E-state index in [1.807, 2.05) is 7.05 Å². The van der Waals surface area contributed by atoms with Crippen molar-refractivity contribution in [3.05, 3.63) is 41.5 Å². The van der Waals surface area contributed by atoms with Gasteiger partial charge in [0, 0.05) is 26.2 Å². The monoisotopic (exact) mass is 344 g/mol. The van der Waals surface area contributed by atoms with Crippen molar-refractivity contribution in [1.82, 2.24) is 25.4 Å². The molecule has 0 spiro atoms. The molecule has 2 rings (SSSR count). The second-order valence-corrected chi connectivity index (χ2v) is 6.03. The molecule has 1 aromatic carbocycles. The second kappa shape index (κ2) is 9.05. The van der Waals surface area contributed by atoms with Crippen LogP contribution in [0, 0.1) is 6.92 Å². The van der Waals surface area contributed by atoms with Crippen LogP contribution >= 0.6 is 0 Å². The summed E-state index contributed by atoms with van der Waals surface area (Å²) in [5.74, 6) is 2.47. The van der Waals surface area contributed by atoms with E-state index >= 15 is 0 Å². The molecule has 0 bridgehead atoms. The lowest BCUT2D eigenvalue weighted by Crippen LogP contribution is -2.37. The number of rotatable bonds is 7. The van der Waals surface area contributed by atoms with Gasteiger partial charge in [-0.05, 0) is 31.9 Å². The Morgan fingerprint density at radius 3 is 2.72 bits per heavy atom. The fourth-order valence-electron chi connectivity index (χ4n) is 2.26. The topological polar surface area (TPSA) is 76.4 Å². The SMILES string of the molecule is CCC(C)Oc1cc(C)ccc1CNC(=NC)NCc1ncnn1C. The Labute approximate surface area is 149 Å². The first-order chi connectivity index (χ1) is 12.0. The van der Waals surface area contributed by atoms with Gasteiger partial charge in [-0.15, -0.1) is 0 Å². The zero-order chi connectivity index (χ0) is 18.2. The normalized spacial score (nSPS) is 12.8. The number of nitrogens with zero attached hydrogens (tertiary/aromatic N) is 4. The summed E-state index contributed by atoms with van der Waals surface area (Å²) >= 11 is 0. The summed E-state index contributed by atoms with van der Waals surface area (Å²) in [5.41, 5.74) is 2.29. The molecule has 0 radical (unpaired) electrons. The maximum absolute atomic E-state index is 6.05. The molecule has 1 heterocycles. The Hall–Kier alpha value is -2.57. The molecule has 0 aliphatic heterocycles. The van der Waals surface area contributed by atoms with E-state index in [2.05, 4.69) is 64.7 Å². The summed E-state index contributed by atoms with van der Waals surface area (Å²) in [7, 11) is 3.61. The number of guanidine groups is 1. The number of nitrogens with one attached hydrogen (secondary N) is 2. The number of aliphatic imine (C=N–C) groups is 1. The van der Waals surface area contributed by atoms with E-state index in [9.17, 15) is 0 Å². The molecule has 25 heavy (non-hydrogen) atoms. The molecule has 2 aromatic rings. The van der Waals surface area contributed by atoms with Crippen LogP contribution in [0.5, 0.6) is 5.75 Å². The van der Waals surface area contributed by atoms with Crippen molar-refractivity contribution in [2.75, 3.05) is 7.05 Å².